The molecule has 0 aliphatic rings. The van der Waals surface area contributed by atoms with Gasteiger partial charge in [0.2, 0.25) is 0 Å². The van der Waals surface area contributed by atoms with E-state index in [1.807, 2.05) is 37.3 Å². The summed E-state index contributed by atoms with van der Waals surface area (Å²) in [5, 5.41) is 12.5. The second-order valence-electron chi connectivity index (χ2n) is 4.39. The number of rotatable bonds is 8. The third kappa shape index (κ3) is 4.85. The molecule has 4 heteroatoms. The van der Waals surface area contributed by atoms with Gasteiger partial charge in [-0.15, -0.1) is 0 Å². The predicted octanol–water partition coefficient (Wildman–Crippen LogP) is 1.87. The van der Waals surface area contributed by atoms with Crippen molar-refractivity contribution in [3.8, 4) is 0 Å². The van der Waals surface area contributed by atoms with Crippen molar-refractivity contribution in [2.45, 2.75) is 25.3 Å². The summed E-state index contributed by atoms with van der Waals surface area (Å²) < 4.78 is 5.00. The Morgan fingerprint density at radius 2 is 2.06 bits per heavy atom. The van der Waals surface area contributed by atoms with Crippen LogP contribution in [0.4, 0.5) is 0 Å². The molecule has 2 atom stereocenters. The van der Waals surface area contributed by atoms with E-state index < -0.39 is 11.9 Å². The molecule has 2 unspecified atom stereocenters. The Hall–Kier alpha value is -1.39. The number of methoxy groups -OCH3 is 1. The first-order valence-electron chi connectivity index (χ1n) is 6.15. The van der Waals surface area contributed by atoms with E-state index in [1.54, 1.807) is 7.11 Å². The van der Waals surface area contributed by atoms with Gasteiger partial charge in [-0.1, -0.05) is 30.3 Å². The van der Waals surface area contributed by atoms with Crippen LogP contribution in [0.3, 0.4) is 0 Å². The number of carboxylic acid groups (broad SMARTS) is 1. The standard InChI is InChI=1S/C14H21NO3/c1-11(8-9-18-2)15-10-13(14(16)17)12-6-4-3-5-7-12/h3-7,11,13,15H,8-10H2,1-2H3,(H,16,17). The number of carbonyl (C=O) groups is 1. The Kier molecular flexibility index (Phi) is 6.39. The molecule has 0 saturated heterocycles. The largest absolute Gasteiger partial charge is 0.481 e. The summed E-state index contributed by atoms with van der Waals surface area (Å²) in [5.41, 5.74) is 0.830. The minimum atomic E-state index is -0.798. The van der Waals surface area contributed by atoms with Gasteiger partial charge in [0.1, 0.15) is 0 Å². The Morgan fingerprint density at radius 1 is 1.39 bits per heavy atom. The van der Waals surface area contributed by atoms with Crippen molar-refractivity contribution in [2.75, 3.05) is 20.3 Å². The summed E-state index contributed by atoms with van der Waals surface area (Å²) >= 11 is 0. The number of hydrogen-bond donors (Lipinski definition) is 2. The van der Waals surface area contributed by atoms with Crippen molar-refractivity contribution in [1.82, 2.24) is 5.32 Å². The molecule has 1 aromatic carbocycles. The van der Waals surface area contributed by atoms with Crippen LogP contribution in [-0.2, 0) is 9.53 Å². The molecule has 0 amide bonds. The second-order valence-corrected chi connectivity index (χ2v) is 4.39. The molecule has 0 saturated carbocycles. The predicted molar refractivity (Wildman–Crippen MR) is 70.8 cm³/mol. The zero-order valence-electron chi connectivity index (χ0n) is 10.9. The fourth-order valence-electron chi connectivity index (χ4n) is 1.75. The summed E-state index contributed by atoms with van der Waals surface area (Å²) in [6, 6.07) is 9.55. The van der Waals surface area contributed by atoms with Crippen LogP contribution >= 0.6 is 0 Å². The highest BCUT2D eigenvalue weighted by molar-refractivity contribution is 5.76. The van der Waals surface area contributed by atoms with E-state index in [0.29, 0.717) is 13.2 Å². The fraction of sp³-hybridized carbons (Fsp3) is 0.500. The van der Waals surface area contributed by atoms with E-state index in [9.17, 15) is 9.90 Å². The molecule has 2 N–H and O–H groups in total. The maximum atomic E-state index is 11.3. The van der Waals surface area contributed by atoms with Crippen LogP contribution in [0.25, 0.3) is 0 Å². The van der Waals surface area contributed by atoms with E-state index in [-0.39, 0.29) is 6.04 Å². The molecule has 1 rings (SSSR count). The summed E-state index contributed by atoms with van der Waals surface area (Å²) in [6.07, 6.45) is 0.873. The van der Waals surface area contributed by atoms with Gasteiger partial charge >= 0.3 is 5.97 Å². The number of carboxylic acids is 1. The van der Waals surface area contributed by atoms with Crippen molar-refractivity contribution >= 4 is 5.97 Å². The van der Waals surface area contributed by atoms with Crippen LogP contribution in [0.5, 0.6) is 0 Å². The zero-order valence-corrected chi connectivity index (χ0v) is 10.9. The lowest BCUT2D eigenvalue weighted by atomic mass is 9.99. The lowest BCUT2D eigenvalue weighted by Gasteiger charge is -2.18. The lowest BCUT2D eigenvalue weighted by molar-refractivity contribution is -0.138. The molecule has 0 heterocycles. The van der Waals surface area contributed by atoms with E-state index in [1.165, 1.54) is 0 Å². The smallest absolute Gasteiger partial charge is 0.312 e. The zero-order chi connectivity index (χ0) is 13.4. The maximum Gasteiger partial charge on any atom is 0.312 e. The van der Waals surface area contributed by atoms with Crippen LogP contribution in [0.15, 0.2) is 30.3 Å². The molecule has 0 spiro atoms. The Bertz CT molecular complexity index is 353. The Balaban J connectivity index is 2.52. The quantitative estimate of drug-likeness (QED) is 0.740. The van der Waals surface area contributed by atoms with Crippen LogP contribution in [0.2, 0.25) is 0 Å². The molecular formula is C14H21NO3. The molecule has 0 fully saturated rings. The van der Waals surface area contributed by atoms with Gasteiger partial charge in [-0.2, -0.15) is 0 Å². The van der Waals surface area contributed by atoms with Crippen molar-refractivity contribution in [1.29, 1.82) is 0 Å². The highest BCUT2D eigenvalue weighted by Gasteiger charge is 2.19. The third-order valence-electron chi connectivity index (χ3n) is 2.93. The van der Waals surface area contributed by atoms with Crippen LogP contribution in [0.1, 0.15) is 24.8 Å². The molecular weight excluding hydrogens is 230 g/mol. The van der Waals surface area contributed by atoms with Gasteiger partial charge in [0.15, 0.2) is 0 Å². The van der Waals surface area contributed by atoms with Gasteiger partial charge in [0.05, 0.1) is 5.92 Å². The summed E-state index contributed by atoms with van der Waals surface area (Å²) in [5.74, 6) is -1.30. The topological polar surface area (TPSA) is 58.6 Å². The van der Waals surface area contributed by atoms with Gasteiger partial charge in [0.25, 0.3) is 0 Å². The minimum Gasteiger partial charge on any atom is -0.481 e. The molecule has 0 radical (unpaired) electrons. The fourth-order valence-corrected chi connectivity index (χ4v) is 1.75. The normalized spacial score (nSPS) is 14.1. The van der Waals surface area contributed by atoms with Crippen molar-refractivity contribution in [2.24, 2.45) is 0 Å². The number of nitrogens with one attached hydrogen (secondary N) is 1. The van der Waals surface area contributed by atoms with Crippen LogP contribution in [-0.4, -0.2) is 37.4 Å². The minimum absolute atomic E-state index is 0.246. The van der Waals surface area contributed by atoms with Gasteiger partial charge in [-0.25, -0.2) is 0 Å². The molecule has 0 aromatic heterocycles. The summed E-state index contributed by atoms with van der Waals surface area (Å²) in [4.78, 5) is 11.3. The summed E-state index contributed by atoms with van der Waals surface area (Å²) in [7, 11) is 1.66. The molecule has 4 nitrogen and oxygen atoms in total. The van der Waals surface area contributed by atoms with Gasteiger partial charge in [0, 0.05) is 26.3 Å². The van der Waals surface area contributed by atoms with Crippen molar-refractivity contribution in [3.05, 3.63) is 35.9 Å². The van der Waals surface area contributed by atoms with Crippen LogP contribution < -0.4 is 5.32 Å². The monoisotopic (exact) mass is 251 g/mol. The number of hydrogen-bond acceptors (Lipinski definition) is 3. The molecule has 18 heavy (non-hydrogen) atoms. The number of aliphatic carboxylic acids is 1. The molecule has 0 aliphatic heterocycles. The van der Waals surface area contributed by atoms with Gasteiger partial charge in [-0.05, 0) is 18.9 Å². The Morgan fingerprint density at radius 3 is 2.61 bits per heavy atom. The van der Waals surface area contributed by atoms with Crippen molar-refractivity contribution < 1.29 is 14.6 Å². The summed E-state index contributed by atoms with van der Waals surface area (Å²) in [6.45, 7) is 3.14. The maximum absolute atomic E-state index is 11.3. The first-order valence-corrected chi connectivity index (χ1v) is 6.15. The van der Waals surface area contributed by atoms with E-state index in [2.05, 4.69) is 5.32 Å². The molecule has 0 aliphatic carbocycles. The number of benzene rings is 1. The second kappa shape index (κ2) is 7.84. The molecule has 0 bridgehead atoms. The first kappa shape index (κ1) is 14.7. The molecule has 1 aromatic rings. The number of ether oxygens (including phenoxy) is 1. The highest BCUT2D eigenvalue weighted by atomic mass is 16.5. The highest BCUT2D eigenvalue weighted by Crippen LogP contribution is 2.15. The molecule has 100 valence electrons. The van der Waals surface area contributed by atoms with E-state index in [4.69, 9.17) is 4.74 Å². The van der Waals surface area contributed by atoms with Gasteiger partial charge < -0.3 is 15.2 Å². The lowest BCUT2D eigenvalue weighted by Crippen LogP contribution is -2.33. The van der Waals surface area contributed by atoms with Crippen molar-refractivity contribution in [3.63, 3.8) is 0 Å². The van der Waals surface area contributed by atoms with Crippen LogP contribution in [0, 0.1) is 0 Å². The van der Waals surface area contributed by atoms with E-state index >= 15 is 0 Å². The Labute approximate surface area is 108 Å². The first-order chi connectivity index (χ1) is 8.65. The average molecular weight is 251 g/mol. The average Bonchev–Trinajstić information content (AvgIpc) is 2.37. The van der Waals surface area contributed by atoms with Gasteiger partial charge in [-0.3, -0.25) is 4.79 Å². The third-order valence-corrected chi connectivity index (χ3v) is 2.93. The van der Waals surface area contributed by atoms with E-state index in [0.717, 1.165) is 12.0 Å². The SMILES string of the molecule is COCCC(C)NCC(C(=O)O)c1ccccc1.